The first kappa shape index (κ1) is 11.3. The molecule has 0 heterocycles. The number of hydrogen-bond donors (Lipinski definition) is 0. The summed E-state index contributed by atoms with van der Waals surface area (Å²) in [5.41, 5.74) is 1.36. The Morgan fingerprint density at radius 3 is 2.43 bits per heavy atom. The summed E-state index contributed by atoms with van der Waals surface area (Å²) in [7, 11) is 0. The van der Waals surface area contributed by atoms with Gasteiger partial charge in [0.1, 0.15) is 0 Å². The Morgan fingerprint density at radius 1 is 1.07 bits per heavy atom. The van der Waals surface area contributed by atoms with Gasteiger partial charge in [0.05, 0.1) is 0 Å². The summed E-state index contributed by atoms with van der Waals surface area (Å²) in [6.45, 7) is 4.59. The Balaban J connectivity index is 2.05. The van der Waals surface area contributed by atoms with Crippen LogP contribution >= 0.6 is 0 Å². The van der Waals surface area contributed by atoms with Gasteiger partial charge in [-0.2, -0.15) is 0 Å². The van der Waals surface area contributed by atoms with Gasteiger partial charge in [-0.15, -0.1) is 0 Å². The average Bonchev–Trinajstić information content (AvgIpc) is 2.18. The van der Waals surface area contributed by atoms with E-state index in [1.165, 1.54) is 31.2 Å². The molecule has 14 heavy (non-hydrogen) atoms. The molecule has 1 aromatic rings. The van der Waals surface area contributed by atoms with Crippen LogP contribution in [0.25, 0.3) is 0 Å². The van der Waals surface area contributed by atoms with Crippen molar-refractivity contribution < 1.29 is 0 Å². The lowest BCUT2D eigenvalue weighted by molar-refractivity contribution is 0.537. The molecule has 1 rings (SSSR count). The standard InChI is InChI=1S/C14H21/c1-13(2)9-5-3-6-10-14-11-7-4-8-12-14/h4,7-8,10-13H,3,5-6,9H2,1-2H3. The molecule has 0 unspecified atom stereocenters. The van der Waals surface area contributed by atoms with E-state index in [1.54, 1.807) is 0 Å². The van der Waals surface area contributed by atoms with Crippen LogP contribution in [0.4, 0.5) is 0 Å². The van der Waals surface area contributed by atoms with Crippen molar-refractivity contribution in [3.05, 3.63) is 42.3 Å². The fraction of sp³-hybridized carbons (Fsp3) is 0.500. The smallest absolute Gasteiger partial charge is 0.00931 e. The van der Waals surface area contributed by atoms with Crippen LogP contribution in [0.2, 0.25) is 0 Å². The maximum Gasteiger partial charge on any atom is -0.00931 e. The van der Waals surface area contributed by atoms with Gasteiger partial charge in [0.2, 0.25) is 0 Å². The van der Waals surface area contributed by atoms with Crippen LogP contribution in [0.3, 0.4) is 0 Å². The van der Waals surface area contributed by atoms with Gasteiger partial charge in [0, 0.05) is 0 Å². The van der Waals surface area contributed by atoms with Crippen LogP contribution in [0, 0.1) is 12.3 Å². The Bertz CT molecular complexity index is 223. The lowest BCUT2D eigenvalue weighted by Gasteiger charge is -2.04. The Hall–Kier alpha value is -0.780. The third kappa shape index (κ3) is 5.06. The third-order valence-electron chi connectivity index (χ3n) is 2.42. The Morgan fingerprint density at radius 2 is 1.79 bits per heavy atom. The van der Waals surface area contributed by atoms with Gasteiger partial charge in [-0.3, -0.25) is 0 Å². The molecule has 0 aliphatic carbocycles. The lowest BCUT2D eigenvalue weighted by atomic mass is 10.0. The van der Waals surface area contributed by atoms with Gasteiger partial charge in [-0.1, -0.05) is 63.4 Å². The molecule has 0 bridgehead atoms. The summed E-state index contributed by atoms with van der Waals surface area (Å²) in [5, 5.41) is 0. The first-order chi connectivity index (χ1) is 6.79. The first-order valence-electron chi connectivity index (χ1n) is 5.67. The zero-order chi connectivity index (χ0) is 10.2. The van der Waals surface area contributed by atoms with Crippen molar-refractivity contribution >= 4 is 0 Å². The normalized spacial score (nSPS) is 10.8. The van der Waals surface area contributed by atoms with Gasteiger partial charge >= 0.3 is 0 Å². The molecule has 0 saturated heterocycles. The highest BCUT2D eigenvalue weighted by Crippen LogP contribution is 2.12. The molecule has 0 saturated carbocycles. The molecular weight excluding hydrogens is 168 g/mol. The molecule has 0 amide bonds. The third-order valence-corrected chi connectivity index (χ3v) is 2.42. The second-order valence-corrected chi connectivity index (χ2v) is 4.29. The van der Waals surface area contributed by atoms with E-state index in [1.807, 2.05) is 0 Å². The molecule has 77 valence electrons. The predicted octanol–water partition coefficient (Wildman–Crippen LogP) is 4.46. The van der Waals surface area contributed by atoms with Crippen LogP contribution in [-0.4, -0.2) is 0 Å². The Kier molecular flexibility index (Phi) is 5.36. The largest absolute Gasteiger partial charge is 0.0628 e. The highest BCUT2D eigenvalue weighted by atomic mass is 14.0. The summed E-state index contributed by atoms with van der Waals surface area (Å²) < 4.78 is 0. The van der Waals surface area contributed by atoms with Crippen LogP contribution in [0.5, 0.6) is 0 Å². The number of hydrogen-bond acceptors (Lipinski definition) is 0. The van der Waals surface area contributed by atoms with Gasteiger partial charge in [0.15, 0.2) is 0 Å². The molecule has 0 aromatic heterocycles. The zero-order valence-corrected chi connectivity index (χ0v) is 9.37. The lowest BCUT2D eigenvalue weighted by Crippen LogP contribution is -1.87. The van der Waals surface area contributed by atoms with Crippen molar-refractivity contribution in [2.24, 2.45) is 5.92 Å². The van der Waals surface area contributed by atoms with E-state index in [0.717, 1.165) is 5.92 Å². The highest BCUT2D eigenvalue weighted by Gasteiger charge is 1.95. The summed E-state index contributed by atoms with van der Waals surface area (Å²) in [5.74, 6) is 0.853. The van der Waals surface area contributed by atoms with Gasteiger partial charge in [0.25, 0.3) is 0 Å². The van der Waals surface area contributed by atoms with Crippen LogP contribution in [-0.2, 0) is 0 Å². The number of benzene rings is 1. The average molecular weight is 189 g/mol. The van der Waals surface area contributed by atoms with E-state index in [-0.39, 0.29) is 0 Å². The SMILES string of the molecule is CC(C)CCCC[CH]c1ccccc1. The fourth-order valence-electron chi connectivity index (χ4n) is 1.55. The molecule has 0 fully saturated rings. The molecule has 0 aliphatic heterocycles. The molecule has 0 N–H and O–H groups in total. The fourth-order valence-corrected chi connectivity index (χ4v) is 1.55. The van der Waals surface area contributed by atoms with Crippen LogP contribution in [0.1, 0.15) is 45.1 Å². The number of unbranched alkanes of at least 4 members (excludes halogenated alkanes) is 2. The van der Waals surface area contributed by atoms with E-state index in [2.05, 4.69) is 50.6 Å². The molecule has 0 aliphatic rings. The molecular formula is C14H21. The van der Waals surface area contributed by atoms with Crippen molar-refractivity contribution in [3.8, 4) is 0 Å². The highest BCUT2D eigenvalue weighted by molar-refractivity contribution is 5.21. The molecule has 0 heteroatoms. The molecule has 0 spiro atoms. The maximum atomic E-state index is 2.33. The van der Waals surface area contributed by atoms with Crippen LogP contribution < -0.4 is 0 Å². The minimum Gasteiger partial charge on any atom is -0.0628 e. The second kappa shape index (κ2) is 6.64. The van der Waals surface area contributed by atoms with E-state index in [0.29, 0.717) is 0 Å². The van der Waals surface area contributed by atoms with Gasteiger partial charge in [-0.05, 0) is 24.3 Å². The van der Waals surface area contributed by atoms with Crippen molar-refractivity contribution in [3.63, 3.8) is 0 Å². The van der Waals surface area contributed by atoms with Crippen molar-refractivity contribution in [1.29, 1.82) is 0 Å². The van der Waals surface area contributed by atoms with Crippen LogP contribution in [0.15, 0.2) is 30.3 Å². The minimum absolute atomic E-state index is 0.853. The minimum atomic E-state index is 0.853. The van der Waals surface area contributed by atoms with Gasteiger partial charge < -0.3 is 0 Å². The van der Waals surface area contributed by atoms with Gasteiger partial charge in [-0.25, -0.2) is 0 Å². The summed E-state index contributed by atoms with van der Waals surface area (Å²) in [4.78, 5) is 0. The molecule has 1 aromatic carbocycles. The van der Waals surface area contributed by atoms with E-state index < -0.39 is 0 Å². The second-order valence-electron chi connectivity index (χ2n) is 4.29. The predicted molar refractivity (Wildman–Crippen MR) is 63.2 cm³/mol. The zero-order valence-electron chi connectivity index (χ0n) is 9.37. The van der Waals surface area contributed by atoms with E-state index in [9.17, 15) is 0 Å². The Labute approximate surface area is 88.4 Å². The summed E-state index contributed by atoms with van der Waals surface area (Å²) >= 11 is 0. The summed E-state index contributed by atoms with van der Waals surface area (Å²) in [6, 6.07) is 10.6. The summed E-state index contributed by atoms with van der Waals surface area (Å²) in [6.07, 6.45) is 7.60. The molecule has 0 atom stereocenters. The maximum absolute atomic E-state index is 2.33. The number of rotatable bonds is 6. The molecule has 0 nitrogen and oxygen atoms in total. The first-order valence-corrected chi connectivity index (χ1v) is 5.67. The van der Waals surface area contributed by atoms with E-state index >= 15 is 0 Å². The monoisotopic (exact) mass is 189 g/mol. The topological polar surface area (TPSA) is 0 Å². The molecule has 1 radical (unpaired) electrons. The van der Waals surface area contributed by atoms with Crippen molar-refractivity contribution in [2.45, 2.75) is 39.5 Å². The van der Waals surface area contributed by atoms with E-state index in [4.69, 9.17) is 0 Å². The quantitative estimate of drug-likeness (QED) is 0.580. The van der Waals surface area contributed by atoms with Crippen molar-refractivity contribution in [1.82, 2.24) is 0 Å². The van der Waals surface area contributed by atoms with Crippen molar-refractivity contribution in [2.75, 3.05) is 0 Å².